The Morgan fingerprint density at radius 1 is 1.39 bits per heavy atom. The highest BCUT2D eigenvalue weighted by Crippen LogP contribution is 2.19. The number of furan rings is 1. The molecule has 1 aromatic heterocycles. The first-order chi connectivity index (χ1) is 8.63. The Balaban J connectivity index is 1.90. The highest BCUT2D eigenvalue weighted by molar-refractivity contribution is 9.10. The highest BCUT2D eigenvalue weighted by Gasteiger charge is 2.05. The molecule has 2 rings (SSSR count). The van der Waals surface area contributed by atoms with Crippen LogP contribution in [0.4, 0.5) is 5.69 Å². The molecule has 1 heterocycles. The molecule has 1 N–H and O–H groups in total. The third-order valence-corrected chi connectivity index (χ3v) is 2.96. The summed E-state index contributed by atoms with van der Waals surface area (Å²) in [6.07, 6.45) is 2.65. The van der Waals surface area contributed by atoms with Gasteiger partial charge in [-0.1, -0.05) is 15.9 Å². The van der Waals surface area contributed by atoms with Crippen LogP contribution in [0.15, 0.2) is 45.5 Å². The van der Waals surface area contributed by atoms with Crippen LogP contribution in [0.2, 0.25) is 0 Å². The van der Waals surface area contributed by atoms with Gasteiger partial charge >= 0.3 is 0 Å². The molecule has 0 aliphatic heterocycles. The van der Waals surface area contributed by atoms with Gasteiger partial charge in [-0.15, -0.1) is 0 Å². The summed E-state index contributed by atoms with van der Waals surface area (Å²) in [5.74, 6) is 0.819. The summed E-state index contributed by atoms with van der Waals surface area (Å²) in [7, 11) is 0. The van der Waals surface area contributed by atoms with Crippen LogP contribution >= 0.6 is 15.9 Å². The van der Waals surface area contributed by atoms with Gasteiger partial charge in [0.25, 0.3) is 0 Å². The number of halogens is 1. The van der Waals surface area contributed by atoms with Crippen molar-refractivity contribution >= 4 is 27.5 Å². The van der Waals surface area contributed by atoms with Crippen molar-refractivity contribution in [1.29, 1.82) is 0 Å². The molecule has 0 aliphatic rings. The van der Waals surface area contributed by atoms with Crippen LogP contribution in [-0.2, 0) is 11.2 Å². The Bertz CT molecular complexity index is 514. The van der Waals surface area contributed by atoms with E-state index in [1.165, 1.54) is 0 Å². The Hall–Kier alpha value is -1.55. The predicted molar refractivity (Wildman–Crippen MR) is 74.5 cm³/mol. The molecule has 1 aromatic carbocycles. The molecule has 0 radical (unpaired) electrons. The summed E-state index contributed by atoms with van der Waals surface area (Å²) >= 11 is 3.41. The standard InChI is InChI=1S/C14H14BrNO2/c1-10-7-11(15)9-12(8-10)16-14(17)5-4-13-3-2-6-18-13/h2-3,6-9H,4-5H2,1H3,(H,16,17). The SMILES string of the molecule is Cc1cc(Br)cc(NC(=O)CCc2ccco2)c1. The van der Waals surface area contributed by atoms with Gasteiger partial charge in [-0.3, -0.25) is 4.79 Å². The van der Waals surface area contributed by atoms with Gasteiger partial charge < -0.3 is 9.73 Å². The number of anilines is 1. The van der Waals surface area contributed by atoms with Gasteiger partial charge in [0.1, 0.15) is 5.76 Å². The van der Waals surface area contributed by atoms with E-state index in [9.17, 15) is 4.79 Å². The monoisotopic (exact) mass is 307 g/mol. The van der Waals surface area contributed by atoms with Crippen molar-refractivity contribution in [2.75, 3.05) is 5.32 Å². The number of amides is 1. The molecule has 0 saturated heterocycles. The van der Waals surface area contributed by atoms with Crippen molar-refractivity contribution in [1.82, 2.24) is 0 Å². The fourth-order valence-corrected chi connectivity index (χ4v) is 2.33. The third-order valence-electron chi connectivity index (χ3n) is 2.50. The molecular formula is C14H14BrNO2. The lowest BCUT2D eigenvalue weighted by molar-refractivity contribution is -0.116. The molecule has 18 heavy (non-hydrogen) atoms. The first-order valence-electron chi connectivity index (χ1n) is 5.73. The van der Waals surface area contributed by atoms with Crippen molar-refractivity contribution in [2.24, 2.45) is 0 Å². The largest absolute Gasteiger partial charge is 0.469 e. The molecule has 94 valence electrons. The van der Waals surface area contributed by atoms with Crippen LogP contribution in [0.25, 0.3) is 0 Å². The molecule has 2 aromatic rings. The van der Waals surface area contributed by atoms with E-state index < -0.39 is 0 Å². The second-order valence-corrected chi connectivity index (χ2v) is 5.06. The van der Waals surface area contributed by atoms with Crippen LogP contribution in [0.3, 0.4) is 0 Å². The van der Waals surface area contributed by atoms with E-state index in [0.29, 0.717) is 12.8 Å². The normalized spacial score (nSPS) is 10.3. The van der Waals surface area contributed by atoms with Gasteiger partial charge in [0.15, 0.2) is 0 Å². The molecule has 0 bridgehead atoms. The molecule has 0 aliphatic carbocycles. The van der Waals surface area contributed by atoms with E-state index in [1.54, 1.807) is 6.26 Å². The quantitative estimate of drug-likeness (QED) is 0.930. The van der Waals surface area contributed by atoms with Crippen LogP contribution in [0, 0.1) is 6.92 Å². The molecule has 3 nitrogen and oxygen atoms in total. The minimum Gasteiger partial charge on any atom is -0.469 e. The number of rotatable bonds is 4. The van der Waals surface area contributed by atoms with E-state index in [0.717, 1.165) is 21.5 Å². The van der Waals surface area contributed by atoms with Crippen LogP contribution < -0.4 is 5.32 Å². The second kappa shape index (κ2) is 5.87. The van der Waals surface area contributed by atoms with Crippen molar-refractivity contribution in [3.8, 4) is 0 Å². The minimum absolute atomic E-state index is 0.0103. The molecule has 1 amide bonds. The number of aryl methyl sites for hydroxylation is 2. The van der Waals surface area contributed by atoms with Crippen LogP contribution in [0.5, 0.6) is 0 Å². The summed E-state index contributed by atoms with van der Waals surface area (Å²) in [6, 6.07) is 9.52. The Labute approximate surface area is 114 Å². The molecule has 0 saturated carbocycles. The zero-order valence-corrected chi connectivity index (χ0v) is 11.7. The van der Waals surface area contributed by atoms with E-state index in [2.05, 4.69) is 21.2 Å². The lowest BCUT2D eigenvalue weighted by Crippen LogP contribution is -2.12. The van der Waals surface area contributed by atoms with Crippen molar-refractivity contribution in [3.63, 3.8) is 0 Å². The van der Waals surface area contributed by atoms with Gasteiger partial charge in [-0.2, -0.15) is 0 Å². The molecular weight excluding hydrogens is 294 g/mol. The summed E-state index contributed by atoms with van der Waals surface area (Å²) in [4.78, 5) is 11.8. The first-order valence-corrected chi connectivity index (χ1v) is 6.52. The summed E-state index contributed by atoms with van der Waals surface area (Å²) in [5.41, 5.74) is 1.91. The number of benzene rings is 1. The summed E-state index contributed by atoms with van der Waals surface area (Å²) in [6.45, 7) is 1.99. The summed E-state index contributed by atoms with van der Waals surface area (Å²) < 4.78 is 6.15. The molecule has 0 spiro atoms. The van der Waals surface area contributed by atoms with Gasteiger partial charge in [0.2, 0.25) is 5.91 Å². The maximum absolute atomic E-state index is 11.8. The maximum Gasteiger partial charge on any atom is 0.224 e. The minimum atomic E-state index is -0.0103. The molecule has 4 heteroatoms. The number of hydrogen-bond acceptors (Lipinski definition) is 2. The number of nitrogens with one attached hydrogen (secondary N) is 1. The highest BCUT2D eigenvalue weighted by atomic mass is 79.9. The van der Waals surface area contributed by atoms with Gasteiger partial charge in [0.05, 0.1) is 6.26 Å². The Morgan fingerprint density at radius 2 is 2.22 bits per heavy atom. The van der Waals surface area contributed by atoms with E-state index in [1.807, 2.05) is 37.3 Å². The fraction of sp³-hybridized carbons (Fsp3) is 0.214. The predicted octanol–water partition coefficient (Wildman–Crippen LogP) is 3.92. The average Bonchev–Trinajstić information content (AvgIpc) is 2.77. The second-order valence-electron chi connectivity index (χ2n) is 4.14. The number of carbonyl (C=O) groups is 1. The number of carbonyl (C=O) groups excluding carboxylic acids is 1. The van der Waals surface area contributed by atoms with E-state index in [4.69, 9.17) is 4.42 Å². The number of hydrogen-bond donors (Lipinski definition) is 1. The van der Waals surface area contributed by atoms with Crippen molar-refractivity contribution in [2.45, 2.75) is 19.8 Å². The average molecular weight is 308 g/mol. The van der Waals surface area contributed by atoms with Crippen molar-refractivity contribution in [3.05, 3.63) is 52.4 Å². The van der Waals surface area contributed by atoms with Crippen LogP contribution in [-0.4, -0.2) is 5.91 Å². The van der Waals surface area contributed by atoms with Gasteiger partial charge in [0, 0.05) is 23.0 Å². The van der Waals surface area contributed by atoms with Gasteiger partial charge in [-0.25, -0.2) is 0 Å². The van der Waals surface area contributed by atoms with Gasteiger partial charge in [-0.05, 0) is 42.8 Å². The smallest absolute Gasteiger partial charge is 0.224 e. The maximum atomic E-state index is 11.8. The summed E-state index contributed by atoms with van der Waals surface area (Å²) in [5, 5.41) is 2.88. The molecule has 0 atom stereocenters. The first kappa shape index (κ1) is 12.9. The molecule has 0 unspecified atom stereocenters. The van der Waals surface area contributed by atoms with E-state index in [-0.39, 0.29) is 5.91 Å². The fourth-order valence-electron chi connectivity index (χ4n) is 1.72. The lowest BCUT2D eigenvalue weighted by Gasteiger charge is -2.06. The topological polar surface area (TPSA) is 42.2 Å². The zero-order valence-electron chi connectivity index (χ0n) is 10.1. The van der Waals surface area contributed by atoms with E-state index >= 15 is 0 Å². The zero-order chi connectivity index (χ0) is 13.0. The Morgan fingerprint density at radius 3 is 2.89 bits per heavy atom. The van der Waals surface area contributed by atoms with Crippen molar-refractivity contribution < 1.29 is 9.21 Å². The van der Waals surface area contributed by atoms with Crippen LogP contribution in [0.1, 0.15) is 17.7 Å². The molecule has 0 fully saturated rings. The third kappa shape index (κ3) is 3.74. The lowest BCUT2D eigenvalue weighted by atomic mass is 10.2. The Kier molecular flexibility index (Phi) is 4.20.